The molecule has 0 radical (unpaired) electrons. The van der Waals surface area contributed by atoms with Crippen molar-refractivity contribution in [1.82, 2.24) is 5.32 Å². The summed E-state index contributed by atoms with van der Waals surface area (Å²) in [4.78, 5) is 23.1. The molecular formula is C14H17NO3. The fourth-order valence-corrected chi connectivity index (χ4v) is 1.57. The van der Waals surface area contributed by atoms with E-state index in [-0.39, 0.29) is 17.8 Å². The van der Waals surface area contributed by atoms with Gasteiger partial charge in [-0.3, -0.25) is 9.59 Å². The SMILES string of the molecule is C[C@H](OC(=O)C1CC1)C(=O)NCc1ccccc1. The molecule has 1 aliphatic rings. The summed E-state index contributed by atoms with van der Waals surface area (Å²) in [5.74, 6) is -0.486. The summed E-state index contributed by atoms with van der Waals surface area (Å²) in [5.41, 5.74) is 1.02. The van der Waals surface area contributed by atoms with Crippen LogP contribution in [0.5, 0.6) is 0 Å². The van der Waals surface area contributed by atoms with Crippen LogP contribution in [-0.2, 0) is 20.9 Å². The van der Waals surface area contributed by atoms with Crippen LogP contribution in [0.1, 0.15) is 25.3 Å². The zero-order valence-electron chi connectivity index (χ0n) is 10.4. The Bertz CT molecular complexity index is 426. The Balaban J connectivity index is 1.75. The number of hydrogen-bond acceptors (Lipinski definition) is 3. The summed E-state index contributed by atoms with van der Waals surface area (Å²) in [7, 11) is 0. The van der Waals surface area contributed by atoms with Crippen LogP contribution >= 0.6 is 0 Å². The smallest absolute Gasteiger partial charge is 0.309 e. The van der Waals surface area contributed by atoms with Crippen molar-refractivity contribution in [3.63, 3.8) is 0 Å². The van der Waals surface area contributed by atoms with E-state index in [1.807, 2.05) is 30.3 Å². The molecule has 1 aromatic rings. The molecule has 0 heterocycles. The molecule has 0 aromatic heterocycles. The van der Waals surface area contributed by atoms with Gasteiger partial charge in [0.1, 0.15) is 0 Å². The van der Waals surface area contributed by atoms with Gasteiger partial charge in [0.2, 0.25) is 0 Å². The van der Waals surface area contributed by atoms with Crippen LogP contribution in [0, 0.1) is 5.92 Å². The minimum absolute atomic E-state index is 0.0226. The number of carbonyl (C=O) groups excluding carboxylic acids is 2. The summed E-state index contributed by atoms with van der Waals surface area (Å²) < 4.78 is 5.07. The van der Waals surface area contributed by atoms with Crippen molar-refractivity contribution >= 4 is 11.9 Å². The molecular weight excluding hydrogens is 230 g/mol. The third-order valence-electron chi connectivity index (χ3n) is 2.88. The molecule has 4 nitrogen and oxygen atoms in total. The lowest BCUT2D eigenvalue weighted by atomic mass is 10.2. The third-order valence-corrected chi connectivity index (χ3v) is 2.88. The first-order valence-corrected chi connectivity index (χ1v) is 6.19. The molecule has 0 unspecified atom stereocenters. The minimum Gasteiger partial charge on any atom is -0.452 e. The van der Waals surface area contributed by atoms with Crippen LogP contribution in [0.3, 0.4) is 0 Å². The van der Waals surface area contributed by atoms with E-state index < -0.39 is 6.10 Å². The van der Waals surface area contributed by atoms with E-state index >= 15 is 0 Å². The summed E-state index contributed by atoms with van der Waals surface area (Å²) >= 11 is 0. The first kappa shape index (κ1) is 12.6. The van der Waals surface area contributed by atoms with Gasteiger partial charge in [-0.1, -0.05) is 30.3 Å². The zero-order valence-corrected chi connectivity index (χ0v) is 10.4. The second-order valence-corrected chi connectivity index (χ2v) is 4.56. The number of carbonyl (C=O) groups is 2. The van der Waals surface area contributed by atoms with Gasteiger partial charge in [-0.2, -0.15) is 0 Å². The lowest BCUT2D eigenvalue weighted by molar-refractivity contribution is -0.156. The maximum Gasteiger partial charge on any atom is 0.309 e. The first-order valence-electron chi connectivity index (χ1n) is 6.19. The Morgan fingerprint density at radius 2 is 2.00 bits per heavy atom. The number of ether oxygens (including phenoxy) is 1. The fourth-order valence-electron chi connectivity index (χ4n) is 1.57. The van der Waals surface area contributed by atoms with Crippen molar-refractivity contribution < 1.29 is 14.3 Å². The van der Waals surface area contributed by atoms with Crippen LogP contribution in [0.15, 0.2) is 30.3 Å². The summed E-state index contributed by atoms with van der Waals surface area (Å²) in [5, 5.41) is 2.75. The van der Waals surface area contributed by atoms with Gasteiger partial charge >= 0.3 is 5.97 Å². The number of nitrogens with one attached hydrogen (secondary N) is 1. The Morgan fingerprint density at radius 1 is 1.33 bits per heavy atom. The van der Waals surface area contributed by atoms with E-state index in [1.54, 1.807) is 6.92 Å². The van der Waals surface area contributed by atoms with Crippen molar-refractivity contribution in [2.75, 3.05) is 0 Å². The summed E-state index contributed by atoms with van der Waals surface area (Å²) in [6.45, 7) is 2.05. The van der Waals surface area contributed by atoms with Crippen LogP contribution in [0.4, 0.5) is 0 Å². The molecule has 18 heavy (non-hydrogen) atoms. The maximum atomic E-state index is 11.7. The average molecular weight is 247 g/mol. The number of amides is 1. The highest BCUT2D eigenvalue weighted by molar-refractivity contribution is 5.84. The molecule has 1 fully saturated rings. The molecule has 1 amide bonds. The van der Waals surface area contributed by atoms with E-state index in [1.165, 1.54) is 0 Å². The van der Waals surface area contributed by atoms with Crippen molar-refractivity contribution in [3.05, 3.63) is 35.9 Å². The van der Waals surface area contributed by atoms with Crippen molar-refractivity contribution in [2.45, 2.75) is 32.4 Å². The number of benzene rings is 1. The van der Waals surface area contributed by atoms with E-state index in [0.717, 1.165) is 18.4 Å². The number of rotatable bonds is 5. The lowest BCUT2D eigenvalue weighted by Gasteiger charge is -2.13. The Hall–Kier alpha value is -1.84. The van der Waals surface area contributed by atoms with Gasteiger partial charge in [-0.05, 0) is 25.3 Å². The van der Waals surface area contributed by atoms with Gasteiger partial charge < -0.3 is 10.1 Å². The van der Waals surface area contributed by atoms with Crippen molar-refractivity contribution in [3.8, 4) is 0 Å². The van der Waals surface area contributed by atoms with Crippen molar-refractivity contribution in [2.24, 2.45) is 5.92 Å². The summed E-state index contributed by atoms with van der Waals surface area (Å²) in [6.07, 6.45) is 1.05. The normalized spacial score (nSPS) is 15.8. The van der Waals surface area contributed by atoms with Gasteiger partial charge in [-0.15, -0.1) is 0 Å². The topological polar surface area (TPSA) is 55.4 Å². The zero-order chi connectivity index (χ0) is 13.0. The lowest BCUT2D eigenvalue weighted by Crippen LogP contribution is -2.35. The highest BCUT2D eigenvalue weighted by Crippen LogP contribution is 2.30. The predicted molar refractivity (Wildman–Crippen MR) is 66.6 cm³/mol. The van der Waals surface area contributed by atoms with E-state index in [9.17, 15) is 9.59 Å². The van der Waals surface area contributed by atoms with Gasteiger partial charge in [0.25, 0.3) is 5.91 Å². The van der Waals surface area contributed by atoms with E-state index in [2.05, 4.69) is 5.32 Å². The van der Waals surface area contributed by atoms with E-state index in [0.29, 0.717) is 6.54 Å². The monoisotopic (exact) mass is 247 g/mol. The van der Waals surface area contributed by atoms with Crippen LogP contribution in [-0.4, -0.2) is 18.0 Å². The second-order valence-electron chi connectivity index (χ2n) is 4.56. The molecule has 96 valence electrons. The predicted octanol–water partition coefficient (Wildman–Crippen LogP) is 1.64. The molecule has 0 saturated heterocycles. The molecule has 1 aromatic carbocycles. The average Bonchev–Trinajstić information content (AvgIpc) is 3.21. The quantitative estimate of drug-likeness (QED) is 0.805. The second kappa shape index (κ2) is 5.67. The first-order chi connectivity index (χ1) is 8.66. The molecule has 0 spiro atoms. The standard InChI is InChI=1S/C14H17NO3/c1-10(18-14(17)12-7-8-12)13(16)15-9-11-5-3-2-4-6-11/h2-6,10,12H,7-9H2,1H3,(H,15,16)/t10-/m0/s1. The molecule has 2 rings (SSSR count). The van der Waals surface area contributed by atoms with Crippen molar-refractivity contribution in [1.29, 1.82) is 0 Å². The van der Waals surface area contributed by atoms with Crippen LogP contribution < -0.4 is 5.32 Å². The third kappa shape index (κ3) is 3.58. The Labute approximate surface area is 106 Å². The molecule has 1 atom stereocenters. The molecule has 0 aliphatic heterocycles. The van der Waals surface area contributed by atoms with Gasteiger partial charge in [0, 0.05) is 6.54 Å². The molecule has 1 saturated carbocycles. The molecule has 4 heteroatoms. The van der Waals surface area contributed by atoms with Gasteiger partial charge in [0.15, 0.2) is 6.10 Å². The number of esters is 1. The Kier molecular flexibility index (Phi) is 3.97. The molecule has 0 bridgehead atoms. The largest absolute Gasteiger partial charge is 0.452 e. The van der Waals surface area contributed by atoms with Gasteiger partial charge in [-0.25, -0.2) is 0 Å². The summed E-state index contributed by atoms with van der Waals surface area (Å²) in [6, 6.07) is 9.61. The number of hydrogen-bond donors (Lipinski definition) is 1. The van der Waals surface area contributed by atoms with Gasteiger partial charge in [0.05, 0.1) is 5.92 Å². The van der Waals surface area contributed by atoms with Crippen LogP contribution in [0.2, 0.25) is 0 Å². The molecule has 1 N–H and O–H groups in total. The Morgan fingerprint density at radius 3 is 2.61 bits per heavy atom. The van der Waals surface area contributed by atoms with Crippen LogP contribution in [0.25, 0.3) is 0 Å². The highest BCUT2D eigenvalue weighted by atomic mass is 16.5. The minimum atomic E-state index is -0.721. The highest BCUT2D eigenvalue weighted by Gasteiger charge is 2.33. The molecule has 1 aliphatic carbocycles. The van der Waals surface area contributed by atoms with E-state index in [4.69, 9.17) is 4.74 Å². The maximum absolute atomic E-state index is 11.7. The fraction of sp³-hybridized carbons (Fsp3) is 0.429.